The quantitative estimate of drug-likeness (QED) is 0.711. The molecule has 0 bridgehead atoms. The number of hydrogen-bond donors (Lipinski definition) is 0. The Labute approximate surface area is 104 Å². The van der Waals surface area contributed by atoms with Crippen LogP contribution in [0.2, 0.25) is 0 Å². The lowest BCUT2D eigenvalue weighted by molar-refractivity contribution is 0.101. The molecule has 1 unspecified atom stereocenters. The van der Waals surface area contributed by atoms with Gasteiger partial charge < -0.3 is 0 Å². The zero-order valence-electron chi connectivity index (χ0n) is 11.7. The first-order chi connectivity index (χ1) is 8.04. The molecule has 0 aliphatic rings. The van der Waals surface area contributed by atoms with Crippen molar-refractivity contribution in [2.24, 2.45) is 5.92 Å². The second kappa shape index (κ2) is 5.99. The number of carbonyl (C=O) groups excluding carboxylic acids is 1. The van der Waals surface area contributed by atoms with Crippen molar-refractivity contribution in [1.82, 2.24) is 9.78 Å². The minimum Gasteiger partial charge on any atom is -0.294 e. The van der Waals surface area contributed by atoms with Gasteiger partial charge in [0.05, 0.1) is 11.3 Å². The number of ketones is 1. The van der Waals surface area contributed by atoms with E-state index in [1.54, 1.807) is 6.92 Å². The van der Waals surface area contributed by atoms with Crippen LogP contribution in [0.25, 0.3) is 0 Å². The van der Waals surface area contributed by atoms with Gasteiger partial charge >= 0.3 is 0 Å². The van der Waals surface area contributed by atoms with Crippen molar-refractivity contribution in [2.45, 2.75) is 60.4 Å². The van der Waals surface area contributed by atoms with Crippen LogP contribution in [-0.2, 0) is 19.4 Å². The zero-order valence-corrected chi connectivity index (χ0v) is 11.7. The average molecular weight is 236 g/mol. The summed E-state index contributed by atoms with van der Waals surface area (Å²) in [4.78, 5) is 11.7. The molecule has 0 amide bonds. The molecule has 3 heteroatoms. The van der Waals surface area contributed by atoms with Crippen molar-refractivity contribution in [3.05, 3.63) is 17.0 Å². The highest BCUT2D eigenvalue weighted by molar-refractivity contribution is 5.96. The molecule has 0 saturated carbocycles. The van der Waals surface area contributed by atoms with E-state index in [9.17, 15) is 4.79 Å². The van der Waals surface area contributed by atoms with Gasteiger partial charge in [0.15, 0.2) is 5.78 Å². The largest absolute Gasteiger partial charge is 0.294 e. The van der Waals surface area contributed by atoms with Crippen molar-refractivity contribution in [3.63, 3.8) is 0 Å². The Hall–Kier alpha value is -1.12. The van der Waals surface area contributed by atoms with Gasteiger partial charge in [-0.25, -0.2) is 0 Å². The number of carbonyl (C=O) groups is 1. The van der Waals surface area contributed by atoms with Crippen molar-refractivity contribution < 1.29 is 4.79 Å². The van der Waals surface area contributed by atoms with Gasteiger partial charge in [-0.1, -0.05) is 34.1 Å². The third-order valence-corrected chi connectivity index (χ3v) is 3.33. The Morgan fingerprint density at radius 3 is 2.35 bits per heavy atom. The van der Waals surface area contributed by atoms with Crippen LogP contribution in [0.5, 0.6) is 0 Å². The van der Waals surface area contributed by atoms with Crippen LogP contribution >= 0.6 is 0 Å². The summed E-state index contributed by atoms with van der Waals surface area (Å²) in [6.45, 7) is 11.1. The minimum absolute atomic E-state index is 0.147. The second-order valence-corrected chi connectivity index (χ2v) is 4.73. The third-order valence-electron chi connectivity index (χ3n) is 3.33. The van der Waals surface area contributed by atoms with Crippen molar-refractivity contribution in [1.29, 1.82) is 0 Å². The molecule has 1 aromatic rings. The van der Waals surface area contributed by atoms with E-state index in [1.165, 1.54) is 0 Å². The molecule has 3 nitrogen and oxygen atoms in total. The van der Waals surface area contributed by atoms with Crippen LogP contribution in [0.15, 0.2) is 0 Å². The summed E-state index contributed by atoms with van der Waals surface area (Å²) in [6.07, 6.45) is 2.84. The van der Waals surface area contributed by atoms with E-state index in [1.807, 2.05) is 4.68 Å². The van der Waals surface area contributed by atoms with Crippen LogP contribution in [0.4, 0.5) is 0 Å². The predicted octanol–water partition coefficient (Wildman–Crippen LogP) is 3.26. The molecule has 0 aliphatic carbocycles. The molecule has 0 N–H and O–H groups in total. The van der Waals surface area contributed by atoms with Gasteiger partial charge in [-0.15, -0.1) is 0 Å². The van der Waals surface area contributed by atoms with E-state index in [0.717, 1.165) is 42.8 Å². The van der Waals surface area contributed by atoms with Gasteiger partial charge in [0.2, 0.25) is 0 Å². The minimum atomic E-state index is 0.147. The molecule has 1 aromatic heterocycles. The molecule has 17 heavy (non-hydrogen) atoms. The maximum Gasteiger partial charge on any atom is 0.163 e. The highest BCUT2D eigenvalue weighted by atomic mass is 16.1. The number of aromatic nitrogens is 2. The van der Waals surface area contributed by atoms with Crippen molar-refractivity contribution in [3.8, 4) is 0 Å². The van der Waals surface area contributed by atoms with Gasteiger partial charge in [-0.3, -0.25) is 9.48 Å². The van der Waals surface area contributed by atoms with Crippen molar-refractivity contribution >= 4 is 5.78 Å². The number of Topliss-reactive ketones (excluding diaryl/α,β-unsaturated/α-hetero) is 1. The van der Waals surface area contributed by atoms with E-state index in [2.05, 4.69) is 32.8 Å². The molecule has 96 valence electrons. The first-order valence-corrected chi connectivity index (χ1v) is 6.64. The number of aryl methyl sites for hydroxylation is 1. The van der Waals surface area contributed by atoms with Crippen LogP contribution < -0.4 is 0 Å². The molecular formula is C14H24N2O. The Morgan fingerprint density at radius 2 is 1.94 bits per heavy atom. The fourth-order valence-electron chi connectivity index (χ4n) is 2.14. The fraction of sp³-hybridized carbons (Fsp3) is 0.714. The van der Waals surface area contributed by atoms with Crippen LogP contribution in [-0.4, -0.2) is 15.6 Å². The maximum absolute atomic E-state index is 11.7. The molecule has 0 radical (unpaired) electrons. The highest BCUT2D eigenvalue weighted by Gasteiger charge is 2.19. The summed E-state index contributed by atoms with van der Waals surface area (Å²) in [5, 5.41) is 4.60. The molecule has 1 heterocycles. The van der Waals surface area contributed by atoms with E-state index in [4.69, 9.17) is 0 Å². The SMILES string of the molecule is CCc1nn(CC(C)CC)c(CC)c1C(C)=O. The smallest absolute Gasteiger partial charge is 0.163 e. The molecule has 1 rings (SSSR count). The third kappa shape index (κ3) is 2.96. The summed E-state index contributed by atoms with van der Waals surface area (Å²) in [5.41, 5.74) is 2.92. The number of hydrogen-bond acceptors (Lipinski definition) is 2. The number of rotatable bonds is 6. The maximum atomic E-state index is 11.7. The summed E-state index contributed by atoms with van der Waals surface area (Å²) < 4.78 is 2.05. The lowest BCUT2D eigenvalue weighted by Gasteiger charge is -2.11. The first kappa shape index (κ1) is 13.9. The topological polar surface area (TPSA) is 34.9 Å². The molecular weight excluding hydrogens is 212 g/mol. The Bertz CT molecular complexity index is 393. The highest BCUT2D eigenvalue weighted by Crippen LogP contribution is 2.18. The fourth-order valence-corrected chi connectivity index (χ4v) is 2.14. The molecule has 0 saturated heterocycles. The molecule has 1 atom stereocenters. The lowest BCUT2D eigenvalue weighted by atomic mass is 10.1. The second-order valence-electron chi connectivity index (χ2n) is 4.73. The van der Waals surface area contributed by atoms with E-state index in [0.29, 0.717) is 5.92 Å². The predicted molar refractivity (Wildman–Crippen MR) is 70.4 cm³/mol. The molecule has 0 aromatic carbocycles. The van der Waals surface area contributed by atoms with Gasteiger partial charge in [0.1, 0.15) is 0 Å². The first-order valence-electron chi connectivity index (χ1n) is 6.64. The Kier molecular flexibility index (Phi) is 4.91. The average Bonchev–Trinajstić information content (AvgIpc) is 2.66. The lowest BCUT2D eigenvalue weighted by Crippen LogP contribution is -2.12. The van der Waals surface area contributed by atoms with Crippen LogP contribution in [0.3, 0.4) is 0 Å². The van der Waals surface area contributed by atoms with Gasteiger partial charge in [0, 0.05) is 12.2 Å². The van der Waals surface area contributed by atoms with E-state index >= 15 is 0 Å². The van der Waals surface area contributed by atoms with Gasteiger partial charge in [0.25, 0.3) is 0 Å². The zero-order chi connectivity index (χ0) is 13.0. The van der Waals surface area contributed by atoms with Gasteiger partial charge in [-0.2, -0.15) is 5.10 Å². The molecule has 0 spiro atoms. The summed E-state index contributed by atoms with van der Waals surface area (Å²) >= 11 is 0. The summed E-state index contributed by atoms with van der Waals surface area (Å²) in [5.74, 6) is 0.749. The van der Waals surface area contributed by atoms with E-state index in [-0.39, 0.29) is 5.78 Å². The van der Waals surface area contributed by atoms with Crippen LogP contribution in [0.1, 0.15) is 62.8 Å². The number of nitrogens with zero attached hydrogens (tertiary/aromatic N) is 2. The summed E-state index contributed by atoms with van der Waals surface area (Å²) in [6, 6.07) is 0. The Balaban J connectivity index is 3.17. The molecule has 0 fully saturated rings. The summed E-state index contributed by atoms with van der Waals surface area (Å²) in [7, 11) is 0. The normalized spacial score (nSPS) is 12.8. The van der Waals surface area contributed by atoms with E-state index < -0.39 is 0 Å². The van der Waals surface area contributed by atoms with Gasteiger partial charge in [-0.05, 0) is 25.7 Å². The van der Waals surface area contributed by atoms with Crippen LogP contribution in [0, 0.1) is 5.92 Å². The van der Waals surface area contributed by atoms with Crippen molar-refractivity contribution in [2.75, 3.05) is 0 Å². The standard InChI is InChI=1S/C14H24N2O/c1-6-10(4)9-16-13(8-3)14(11(5)17)12(7-2)15-16/h10H,6-9H2,1-5H3. The molecule has 0 aliphatic heterocycles. The monoisotopic (exact) mass is 236 g/mol. The Morgan fingerprint density at radius 1 is 1.29 bits per heavy atom.